The summed E-state index contributed by atoms with van der Waals surface area (Å²) in [6.45, 7) is 2.97. The number of aliphatic hydroxyl groups is 1. The second kappa shape index (κ2) is 7.75. The zero-order valence-electron chi connectivity index (χ0n) is 15.3. The van der Waals surface area contributed by atoms with E-state index in [-0.39, 0.29) is 6.61 Å². The lowest BCUT2D eigenvalue weighted by atomic mass is 9.93. The van der Waals surface area contributed by atoms with Gasteiger partial charge in [-0.05, 0) is 36.6 Å². The fourth-order valence-electron chi connectivity index (χ4n) is 3.44. The molecule has 1 N–H and O–H groups in total. The largest absolute Gasteiger partial charge is 0.395 e. The Morgan fingerprint density at radius 3 is 2.78 bits per heavy atom. The van der Waals surface area contributed by atoms with Crippen molar-refractivity contribution in [3.05, 3.63) is 76.4 Å². The first-order valence-corrected chi connectivity index (χ1v) is 9.05. The molecule has 1 aliphatic rings. The molecule has 0 saturated heterocycles. The van der Waals surface area contributed by atoms with Crippen LogP contribution in [0.1, 0.15) is 40.3 Å². The van der Waals surface area contributed by atoms with Crippen LogP contribution in [0.5, 0.6) is 0 Å². The second-order valence-corrected chi connectivity index (χ2v) is 6.52. The lowest BCUT2D eigenvalue weighted by Crippen LogP contribution is -2.07. The number of fused-ring (bicyclic) bond motifs is 3. The Kier molecular flexibility index (Phi) is 5.01. The molecule has 0 atom stereocenters. The van der Waals surface area contributed by atoms with Crippen molar-refractivity contribution >= 4 is 0 Å². The molecule has 2 aromatic carbocycles. The van der Waals surface area contributed by atoms with E-state index in [4.69, 9.17) is 9.84 Å². The predicted octanol–water partition coefficient (Wildman–Crippen LogP) is 2.93. The van der Waals surface area contributed by atoms with Gasteiger partial charge >= 0.3 is 0 Å². The monoisotopic (exact) mass is 359 g/mol. The third-order valence-electron chi connectivity index (χ3n) is 4.70. The SMILES string of the molecule is Cc1nnc2n1-c1ccc(C#CCCO)c(Cc3ccccc3)c1COC2. The van der Waals surface area contributed by atoms with Gasteiger partial charge in [-0.1, -0.05) is 42.2 Å². The molecule has 0 aliphatic carbocycles. The summed E-state index contributed by atoms with van der Waals surface area (Å²) < 4.78 is 7.98. The van der Waals surface area contributed by atoms with Crippen molar-refractivity contribution in [2.75, 3.05) is 6.61 Å². The molecule has 0 fully saturated rings. The summed E-state index contributed by atoms with van der Waals surface area (Å²) in [7, 11) is 0. The molecule has 27 heavy (non-hydrogen) atoms. The summed E-state index contributed by atoms with van der Waals surface area (Å²) in [5.74, 6) is 7.95. The van der Waals surface area contributed by atoms with Gasteiger partial charge in [0.15, 0.2) is 5.82 Å². The van der Waals surface area contributed by atoms with Crippen LogP contribution < -0.4 is 0 Å². The highest BCUT2D eigenvalue weighted by Gasteiger charge is 2.22. The average molecular weight is 359 g/mol. The Morgan fingerprint density at radius 1 is 1.11 bits per heavy atom. The number of nitrogens with zero attached hydrogens (tertiary/aromatic N) is 3. The highest BCUT2D eigenvalue weighted by molar-refractivity contribution is 5.57. The molecule has 5 nitrogen and oxygen atoms in total. The first-order chi connectivity index (χ1) is 13.3. The topological polar surface area (TPSA) is 60.2 Å². The number of hydrogen-bond acceptors (Lipinski definition) is 4. The van der Waals surface area contributed by atoms with Gasteiger partial charge in [0.25, 0.3) is 0 Å². The lowest BCUT2D eigenvalue weighted by Gasteiger charge is -2.16. The maximum absolute atomic E-state index is 9.05. The summed E-state index contributed by atoms with van der Waals surface area (Å²) in [4.78, 5) is 0. The van der Waals surface area contributed by atoms with Gasteiger partial charge in [-0.25, -0.2) is 0 Å². The molecule has 0 bridgehead atoms. The lowest BCUT2D eigenvalue weighted by molar-refractivity contribution is 0.104. The molecule has 1 aliphatic heterocycles. The molecule has 2 heterocycles. The highest BCUT2D eigenvalue weighted by atomic mass is 16.5. The molecule has 0 spiro atoms. The third-order valence-corrected chi connectivity index (χ3v) is 4.70. The Balaban J connectivity index is 1.88. The van der Waals surface area contributed by atoms with E-state index in [0.29, 0.717) is 19.6 Å². The van der Waals surface area contributed by atoms with Gasteiger partial charge in [0.1, 0.15) is 12.4 Å². The minimum Gasteiger partial charge on any atom is -0.395 e. The van der Waals surface area contributed by atoms with Crippen LogP contribution >= 0.6 is 0 Å². The molecular formula is C22H21N3O2. The summed E-state index contributed by atoms with van der Waals surface area (Å²) in [6.07, 6.45) is 1.24. The number of ether oxygens (including phenoxy) is 1. The van der Waals surface area contributed by atoms with E-state index in [0.717, 1.165) is 40.4 Å². The van der Waals surface area contributed by atoms with E-state index < -0.39 is 0 Å². The zero-order chi connectivity index (χ0) is 18.6. The van der Waals surface area contributed by atoms with Crippen LogP contribution in [0.3, 0.4) is 0 Å². The Labute approximate surface area is 158 Å². The van der Waals surface area contributed by atoms with Gasteiger partial charge in [0.2, 0.25) is 0 Å². The molecule has 0 radical (unpaired) electrons. The van der Waals surface area contributed by atoms with Crippen LogP contribution in [0.15, 0.2) is 42.5 Å². The predicted molar refractivity (Wildman–Crippen MR) is 102 cm³/mol. The van der Waals surface area contributed by atoms with Crippen molar-refractivity contribution in [2.24, 2.45) is 0 Å². The zero-order valence-corrected chi connectivity index (χ0v) is 15.3. The molecule has 3 aromatic rings. The summed E-state index contributed by atoms with van der Waals surface area (Å²) in [6, 6.07) is 14.5. The van der Waals surface area contributed by atoms with Gasteiger partial charge in [-0.3, -0.25) is 4.57 Å². The maximum atomic E-state index is 9.05. The highest BCUT2D eigenvalue weighted by Crippen LogP contribution is 2.30. The van der Waals surface area contributed by atoms with Crippen LogP contribution in [0.25, 0.3) is 5.69 Å². The van der Waals surface area contributed by atoms with E-state index >= 15 is 0 Å². The molecule has 136 valence electrons. The van der Waals surface area contributed by atoms with Gasteiger partial charge in [-0.15, -0.1) is 10.2 Å². The van der Waals surface area contributed by atoms with Gasteiger partial charge in [0, 0.05) is 17.5 Å². The number of hydrogen-bond donors (Lipinski definition) is 1. The van der Waals surface area contributed by atoms with Crippen molar-refractivity contribution in [2.45, 2.75) is 33.0 Å². The van der Waals surface area contributed by atoms with E-state index in [1.807, 2.05) is 25.1 Å². The van der Waals surface area contributed by atoms with Gasteiger partial charge in [-0.2, -0.15) is 0 Å². The summed E-state index contributed by atoms with van der Waals surface area (Å²) in [5, 5.41) is 17.5. The first-order valence-electron chi connectivity index (χ1n) is 9.05. The number of aromatic nitrogens is 3. The molecule has 0 unspecified atom stereocenters. The van der Waals surface area contributed by atoms with Crippen molar-refractivity contribution < 1.29 is 9.84 Å². The average Bonchev–Trinajstić information content (AvgIpc) is 2.94. The smallest absolute Gasteiger partial charge is 0.163 e. The maximum Gasteiger partial charge on any atom is 0.163 e. The third kappa shape index (κ3) is 3.50. The van der Waals surface area contributed by atoms with E-state index in [1.165, 1.54) is 5.56 Å². The van der Waals surface area contributed by atoms with E-state index in [1.54, 1.807) is 0 Å². The minimum atomic E-state index is 0.0678. The standard InChI is InChI=1S/C22H21N3O2/c1-16-23-24-22-15-27-14-20-19(13-17-7-3-2-4-8-17)18(9-5-6-12-26)10-11-21(20)25(16)22/h2-4,7-8,10-11,26H,6,12-15H2,1H3. The minimum absolute atomic E-state index is 0.0678. The van der Waals surface area contributed by atoms with Crippen LogP contribution in [-0.2, 0) is 24.4 Å². The number of rotatable bonds is 3. The van der Waals surface area contributed by atoms with E-state index in [9.17, 15) is 0 Å². The molecular weight excluding hydrogens is 338 g/mol. The van der Waals surface area contributed by atoms with E-state index in [2.05, 4.69) is 50.9 Å². The molecule has 4 rings (SSSR count). The van der Waals surface area contributed by atoms with Crippen molar-refractivity contribution in [1.29, 1.82) is 0 Å². The van der Waals surface area contributed by atoms with Crippen molar-refractivity contribution in [3.63, 3.8) is 0 Å². The van der Waals surface area contributed by atoms with Crippen LogP contribution in [0.4, 0.5) is 0 Å². The molecule has 1 aromatic heterocycles. The van der Waals surface area contributed by atoms with Crippen molar-refractivity contribution in [3.8, 4) is 17.5 Å². The van der Waals surface area contributed by atoms with Crippen molar-refractivity contribution in [1.82, 2.24) is 14.8 Å². The molecule has 5 heteroatoms. The number of aliphatic hydroxyl groups excluding tert-OH is 1. The van der Waals surface area contributed by atoms with Gasteiger partial charge in [0.05, 0.1) is 18.9 Å². The number of benzene rings is 2. The van der Waals surface area contributed by atoms with Crippen LogP contribution in [0.2, 0.25) is 0 Å². The number of aryl methyl sites for hydroxylation is 1. The Morgan fingerprint density at radius 2 is 1.96 bits per heavy atom. The molecule has 0 saturated carbocycles. The van der Waals surface area contributed by atoms with Crippen LogP contribution in [0, 0.1) is 18.8 Å². The Hall–Kier alpha value is -2.94. The van der Waals surface area contributed by atoms with Crippen LogP contribution in [-0.4, -0.2) is 26.5 Å². The fraction of sp³-hybridized carbons (Fsp3) is 0.273. The second-order valence-electron chi connectivity index (χ2n) is 6.52. The first kappa shape index (κ1) is 17.5. The summed E-state index contributed by atoms with van der Waals surface area (Å²) >= 11 is 0. The van der Waals surface area contributed by atoms with Gasteiger partial charge < -0.3 is 9.84 Å². The molecule has 0 amide bonds. The Bertz CT molecular complexity index is 1010. The quantitative estimate of drug-likeness (QED) is 0.731. The normalized spacial score (nSPS) is 12.5. The summed E-state index contributed by atoms with van der Waals surface area (Å²) in [5.41, 5.74) is 5.54. The fourth-order valence-corrected chi connectivity index (χ4v) is 3.44.